The van der Waals surface area contributed by atoms with E-state index in [0.29, 0.717) is 11.5 Å². The van der Waals surface area contributed by atoms with Gasteiger partial charge in [0.1, 0.15) is 6.04 Å². The van der Waals surface area contributed by atoms with E-state index in [9.17, 15) is 19.2 Å². The summed E-state index contributed by atoms with van der Waals surface area (Å²) < 4.78 is 0. The van der Waals surface area contributed by atoms with Gasteiger partial charge in [-0.2, -0.15) is 0 Å². The minimum atomic E-state index is -1.36. The molecular formula is C11H16N2O6. The summed E-state index contributed by atoms with van der Waals surface area (Å²) in [5.41, 5.74) is 0. The largest absolute Gasteiger partial charge is 0.465 e. The van der Waals surface area contributed by atoms with Gasteiger partial charge in [-0.1, -0.05) is 19.8 Å². The van der Waals surface area contributed by atoms with E-state index in [4.69, 9.17) is 5.11 Å². The van der Waals surface area contributed by atoms with E-state index in [1.165, 1.54) is 0 Å². The first-order valence-corrected chi connectivity index (χ1v) is 6.02. The average molecular weight is 272 g/mol. The summed E-state index contributed by atoms with van der Waals surface area (Å²) in [4.78, 5) is 49.5. The van der Waals surface area contributed by atoms with Crippen molar-refractivity contribution in [3.05, 3.63) is 0 Å². The Bertz CT molecular complexity index is 379. The summed E-state index contributed by atoms with van der Waals surface area (Å²) in [5, 5.41) is 11.0. The number of carbonyl (C=O) groups excluding carboxylic acids is 3. The SMILES string of the molecule is CCCCC(NC(=O)O)C(=O)ON1C(=O)CCC1=O. The Balaban J connectivity index is 2.62. The molecule has 0 radical (unpaired) electrons. The number of imide groups is 1. The lowest BCUT2D eigenvalue weighted by Crippen LogP contribution is -2.44. The van der Waals surface area contributed by atoms with Gasteiger partial charge < -0.3 is 15.3 Å². The molecule has 106 valence electrons. The maximum atomic E-state index is 11.7. The van der Waals surface area contributed by atoms with E-state index >= 15 is 0 Å². The summed E-state index contributed by atoms with van der Waals surface area (Å²) >= 11 is 0. The van der Waals surface area contributed by atoms with Gasteiger partial charge in [-0.15, -0.1) is 5.06 Å². The fourth-order valence-electron chi connectivity index (χ4n) is 1.62. The number of carbonyl (C=O) groups is 4. The lowest BCUT2D eigenvalue weighted by molar-refractivity contribution is -0.199. The minimum absolute atomic E-state index is 0.00189. The molecular weight excluding hydrogens is 256 g/mol. The third-order valence-corrected chi connectivity index (χ3v) is 2.62. The minimum Gasteiger partial charge on any atom is -0.465 e. The molecule has 1 saturated heterocycles. The van der Waals surface area contributed by atoms with Crippen LogP contribution in [-0.4, -0.2) is 40.1 Å². The molecule has 2 N–H and O–H groups in total. The highest BCUT2D eigenvalue weighted by Crippen LogP contribution is 2.13. The standard InChI is InChI=1S/C11H16N2O6/c1-2-3-4-7(12-11(17)18)10(16)19-13-8(14)5-6-9(13)15/h7,12H,2-6H2,1H3,(H,17,18). The first-order chi connectivity index (χ1) is 8.95. The number of nitrogens with one attached hydrogen (secondary N) is 1. The van der Waals surface area contributed by atoms with Crippen LogP contribution >= 0.6 is 0 Å². The predicted molar refractivity (Wildman–Crippen MR) is 61.7 cm³/mol. The number of carboxylic acid groups (broad SMARTS) is 1. The molecule has 0 spiro atoms. The fourth-order valence-corrected chi connectivity index (χ4v) is 1.62. The highest BCUT2D eigenvalue weighted by atomic mass is 16.7. The summed E-state index contributed by atoms with van der Waals surface area (Å²) in [6, 6.07) is -1.08. The summed E-state index contributed by atoms with van der Waals surface area (Å²) in [6.07, 6.45) is 0.264. The van der Waals surface area contributed by atoms with Crippen molar-refractivity contribution in [2.75, 3.05) is 0 Å². The number of hydroxylamine groups is 2. The quantitative estimate of drug-likeness (QED) is 0.677. The summed E-state index contributed by atoms with van der Waals surface area (Å²) in [5.74, 6) is -2.13. The zero-order valence-corrected chi connectivity index (χ0v) is 10.5. The maximum absolute atomic E-state index is 11.7. The zero-order valence-electron chi connectivity index (χ0n) is 10.5. The molecule has 0 aliphatic carbocycles. The Hall–Kier alpha value is -2.12. The van der Waals surface area contributed by atoms with Crippen LogP contribution in [0.15, 0.2) is 0 Å². The third-order valence-electron chi connectivity index (χ3n) is 2.62. The second-order valence-corrected chi connectivity index (χ2v) is 4.14. The number of unbranched alkanes of at least 4 members (excludes halogenated alkanes) is 1. The average Bonchev–Trinajstić information content (AvgIpc) is 2.65. The fraction of sp³-hybridized carbons (Fsp3) is 0.636. The summed E-state index contributed by atoms with van der Waals surface area (Å²) in [7, 11) is 0. The number of amides is 3. The molecule has 1 aliphatic rings. The van der Waals surface area contributed by atoms with Gasteiger partial charge in [-0.05, 0) is 6.42 Å². The number of hydrogen-bond acceptors (Lipinski definition) is 5. The van der Waals surface area contributed by atoms with Crippen LogP contribution in [-0.2, 0) is 19.2 Å². The first-order valence-electron chi connectivity index (χ1n) is 6.02. The van der Waals surface area contributed by atoms with E-state index in [2.05, 4.69) is 4.84 Å². The van der Waals surface area contributed by atoms with Gasteiger partial charge in [0, 0.05) is 12.8 Å². The van der Waals surface area contributed by atoms with Crippen molar-refractivity contribution in [2.45, 2.75) is 45.1 Å². The first kappa shape index (κ1) is 14.9. The second-order valence-electron chi connectivity index (χ2n) is 4.14. The lowest BCUT2D eigenvalue weighted by atomic mass is 10.1. The number of rotatable bonds is 6. The highest BCUT2D eigenvalue weighted by Gasteiger charge is 2.35. The smallest absolute Gasteiger partial charge is 0.405 e. The molecule has 0 aromatic rings. The van der Waals surface area contributed by atoms with Gasteiger partial charge >= 0.3 is 12.1 Å². The Morgan fingerprint density at radius 3 is 2.42 bits per heavy atom. The van der Waals surface area contributed by atoms with Gasteiger partial charge in [0.15, 0.2) is 0 Å². The molecule has 1 fully saturated rings. The van der Waals surface area contributed by atoms with Crippen molar-refractivity contribution in [3.8, 4) is 0 Å². The molecule has 8 heteroatoms. The Labute approximate surface area is 109 Å². The van der Waals surface area contributed by atoms with Gasteiger partial charge in [0.2, 0.25) is 0 Å². The van der Waals surface area contributed by atoms with Crippen LogP contribution in [0.5, 0.6) is 0 Å². The van der Waals surface area contributed by atoms with Crippen molar-refractivity contribution in [3.63, 3.8) is 0 Å². The van der Waals surface area contributed by atoms with Crippen molar-refractivity contribution in [1.29, 1.82) is 0 Å². The normalized spacial score (nSPS) is 16.4. The molecule has 19 heavy (non-hydrogen) atoms. The monoisotopic (exact) mass is 272 g/mol. The summed E-state index contributed by atoms with van der Waals surface area (Å²) in [6.45, 7) is 1.89. The molecule has 0 saturated carbocycles. The molecule has 8 nitrogen and oxygen atoms in total. The van der Waals surface area contributed by atoms with Crippen LogP contribution in [0.3, 0.4) is 0 Å². The molecule has 3 amide bonds. The third kappa shape index (κ3) is 4.23. The van der Waals surface area contributed by atoms with Crippen LogP contribution in [0.25, 0.3) is 0 Å². The Morgan fingerprint density at radius 1 is 1.37 bits per heavy atom. The van der Waals surface area contributed by atoms with E-state index in [-0.39, 0.29) is 19.3 Å². The van der Waals surface area contributed by atoms with E-state index in [0.717, 1.165) is 6.42 Å². The van der Waals surface area contributed by atoms with Crippen molar-refractivity contribution >= 4 is 23.9 Å². The molecule has 1 unspecified atom stereocenters. The molecule has 1 atom stereocenters. The number of nitrogens with zero attached hydrogens (tertiary/aromatic N) is 1. The van der Waals surface area contributed by atoms with Crippen molar-refractivity contribution in [1.82, 2.24) is 10.4 Å². The van der Waals surface area contributed by atoms with Crippen LogP contribution < -0.4 is 5.32 Å². The second kappa shape index (κ2) is 6.72. The maximum Gasteiger partial charge on any atom is 0.405 e. The van der Waals surface area contributed by atoms with Gasteiger partial charge in [0.25, 0.3) is 11.8 Å². The predicted octanol–water partition coefficient (Wildman–Crippen LogP) is 0.420. The van der Waals surface area contributed by atoms with Crippen LogP contribution in [0.1, 0.15) is 39.0 Å². The van der Waals surface area contributed by atoms with Gasteiger partial charge in [-0.3, -0.25) is 9.59 Å². The van der Waals surface area contributed by atoms with Crippen molar-refractivity contribution in [2.24, 2.45) is 0 Å². The van der Waals surface area contributed by atoms with E-state index < -0.39 is 29.9 Å². The highest BCUT2D eigenvalue weighted by molar-refractivity contribution is 6.01. The Morgan fingerprint density at radius 2 is 1.95 bits per heavy atom. The van der Waals surface area contributed by atoms with E-state index in [1.807, 2.05) is 12.2 Å². The topological polar surface area (TPSA) is 113 Å². The van der Waals surface area contributed by atoms with E-state index in [1.54, 1.807) is 0 Å². The van der Waals surface area contributed by atoms with Gasteiger partial charge in [-0.25, -0.2) is 9.59 Å². The van der Waals surface area contributed by atoms with Crippen molar-refractivity contribution < 1.29 is 29.1 Å². The zero-order chi connectivity index (χ0) is 14.4. The molecule has 0 aromatic heterocycles. The van der Waals surface area contributed by atoms with Crippen LogP contribution in [0, 0.1) is 0 Å². The molecule has 1 aliphatic heterocycles. The molecule has 0 aromatic carbocycles. The van der Waals surface area contributed by atoms with Crippen LogP contribution in [0.2, 0.25) is 0 Å². The van der Waals surface area contributed by atoms with Crippen LogP contribution in [0.4, 0.5) is 4.79 Å². The molecule has 1 heterocycles. The molecule has 1 rings (SSSR count). The molecule has 0 bridgehead atoms. The van der Waals surface area contributed by atoms with Gasteiger partial charge in [0.05, 0.1) is 0 Å². The lowest BCUT2D eigenvalue weighted by Gasteiger charge is -2.18. The number of hydrogen-bond donors (Lipinski definition) is 2. The Kier molecular flexibility index (Phi) is 5.28.